The lowest BCUT2D eigenvalue weighted by atomic mass is 9.89. The quantitative estimate of drug-likeness (QED) is 0.879. The van der Waals surface area contributed by atoms with E-state index in [1.165, 1.54) is 11.1 Å². The van der Waals surface area contributed by atoms with Crippen molar-refractivity contribution in [2.24, 2.45) is 11.7 Å². The SMILES string of the molecule is Cc1ccc(C2OCCCC2CNC(=O)C(N)c2ccccc2)cc1. The summed E-state index contributed by atoms with van der Waals surface area (Å²) in [4.78, 5) is 12.4. The molecule has 0 aromatic heterocycles. The van der Waals surface area contributed by atoms with E-state index in [9.17, 15) is 4.79 Å². The van der Waals surface area contributed by atoms with Gasteiger partial charge in [0.2, 0.25) is 5.91 Å². The van der Waals surface area contributed by atoms with E-state index >= 15 is 0 Å². The first-order valence-corrected chi connectivity index (χ1v) is 8.91. The van der Waals surface area contributed by atoms with Crippen LogP contribution in [-0.2, 0) is 9.53 Å². The predicted molar refractivity (Wildman–Crippen MR) is 99.0 cm³/mol. The number of nitrogens with two attached hydrogens (primary N) is 1. The van der Waals surface area contributed by atoms with Crippen LogP contribution in [0.25, 0.3) is 0 Å². The van der Waals surface area contributed by atoms with Crippen LogP contribution in [0.5, 0.6) is 0 Å². The van der Waals surface area contributed by atoms with Gasteiger partial charge in [-0.05, 0) is 30.9 Å². The summed E-state index contributed by atoms with van der Waals surface area (Å²) in [5.41, 5.74) is 9.31. The lowest BCUT2D eigenvalue weighted by Gasteiger charge is -2.32. The monoisotopic (exact) mass is 338 g/mol. The minimum Gasteiger partial charge on any atom is -0.373 e. The molecule has 1 amide bonds. The Morgan fingerprint density at radius 3 is 2.64 bits per heavy atom. The van der Waals surface area contributed by atoms with Crippen LogP contribution < -0.4 is 11.1 Å². The Morgan fingerprint density at radius 1 is 1.20 bits per heavy atom. The summed E-state index contributed by atoms with van der Waals surface area (Å²) in [5, 5.41) is 3.02. The Balaban J connectivity index is 1.62. The number of hydrogen-bond acceptors (Lipinski definition) is 3. The maximum Gasteiger partial charge on any atom is 0.241 e. The van der Waals surface area contributed by atoms with E-state index in [1.807, 2.05) is 30.3 Å². The Labute approximate surface area is 149 Å². The molecule has 0 radical (unpaired) electrons. The molecule has 4 nitrogen and oxygen atoms in total. The number of rotatable bonds is 5. The summed E-state index contributed by atoms with van der Waals surface area (Å²) in [6, 6.07) is 17.3. The number of benzene rings is 2. The molecule has 1 aliphatic rings. The Morgan fingerprint density at radius 2 is 1.92 bits per heavy atom. The molecule has 1 heterocycles. The number of hydrogen-bond donors (Lipinski definition) is 2. The largest absolute Gasteiger partial charge is 0.373 e. The fourth-order valence-electron chi connectivity index (χ4n) is 3.33. The van der Waals surface area contributed by atoms with Crippen LogP contribution in [0.1, 0.15) is 41.7 Å². The summed E-state index contributed by atoms with van der Waals surface area (Å²) >= 11 is 0. The minimum absolute atomic E-state index is 0.0302. The van der Waals surface area contributed by atoms with Crippen molar-refractivity contribution >= 4 is 5.91 Å². The van der Waals surface area contributed by atoms with Gasteiger partial charge in [-0.2, -0.15) is 0 Å². The highest BCUT2D eigenvalue weighted by atomic mass is 16.5. The second kappa shape index (κ2) is 8.28. The summed E-state index contributed by atoms with van der Waals surface area (Å²) < 4.78 is 6.01. The summed E-state index contributed by atoms with van der Waals surface area (Å²) in [7, 11) is 0. The average molecular weight is 338 g/mol. The van der Waals surface area contributed by atoms with Gasteiger partial charge in [-0.25, -0.2) is 0 Å². The highest BCUT2D eigenvalue weighted by molar-refractivity contribution is 5.82. The average Bonchev–Trinajstić information content (AvgIpc) is 2.67. The van der Waals surface area contributed by atoms with Gasteiger partial charge in [0, 0.05) is 19.1 Å². The molecule has 2 aromatic rings. The Bertz CT molecular complexity index is 685. The molecule has 132 valence electrons. The zero-order valence-electron chi connectivity index (χ0n) is 14.7. The van der Waals surface area contributed by atoms with Crippen LogP contribution in [0.15, 0.2) is 54.6 Å². The number of carbonyl (C=O) groups excluding carboxylic acids is 1. The van der Waals surface area contributed by atoms with Crippen LogP contribution >= 0.6 is 0 Å². The van der Waals surface area contributed by atoms with Gasteiger partial charge < -0.3 is 15.8 Å². The van der Waals surface area contributed by atoms with Crippen LogP contribution in [0.3, 0.4) is 0 Å². The van der Waals surface area contributed by atoms with Crippen molar-refractivity contribution in [3.8, 4) is 0 Å². The Hall–Kier alpha value is -2.17. The maximum atomic E-state index is 12.4. The van der Waals surface area contributed by atoms with E-state index < -0.39 is 6.04 Å². The summed E-state index contributed by atoms with van der Waals surface area (Å²) in [6.07, 6.45) is 2.09. The molecular weight excluding hydrogens is 312 g/mol. The normalized spacial score (nSPS) is 21.5. The summed E-state index contributed by atoms with van der Waals surface area (Å²) in [6.45, 7) is 3.43. The zero-order chi connectivity index (χ0) is 17.6. The number of amides is 1. The van der Waals surface area contributed by atoms with Crippen molar-refractivity contribution in [2.75, 3.05) is 13.2 Å². The molecule has 0 spiro atoms. The molecule has 3 rings (SSSR count). The van der Waals surface area contributed by atoms with E-state index in [2.05, 4.69) is 36.5 Å². The van der Waals surface area contributed by atoms with E-state index in [0.29, 0.717) is 6.54 Å². The molecule has 1 aliphatic heterocycles. The highest BCUT2D eigenvalue weighted by Gasteiger charge is 2.28. The molecule has 0 saturated carbocycles. The minimum atomic E-state index is -0.636. The third-order valence-electron chi connectivity index (χ3n) is 4.83. The number of ether oxygens (including phenoxy) is 1. The molecular formula is C21H26N2O2. The molecule has 4 heteroatoms. The van der Waals surface area contributed by atoms with Gasteiger partial charge in [-0.1, -0.05) is 60.2 Å². The van der Waals surface area contributed by atoms with Gasteiger partial charge in [0.1, 0.15) is 6.04 Å². The lowest BCUT2D eigenvalue weighted by Crippen LogP contribution is -2.39. The van der Waals surface area contributed by atoms with Crippen LogP contribution in [0.4, 0.5) is 0 Å². The molecule has 0 aliphatic carbocycles. The molecule has 2 aromatic carbocycles. The zero-order valence-corrected chi connectivity index (χ0v) is 14.7. The second-order valence-corrected chi connectivity index (χ2v) is 6.74. The number of aryl methyl sites for hydroxylation is 1. The van der Waals surface area contributed by atoms with E-state index in [0.717, 1.165) is 25.0 Å². The van der Waals surface area contributed by atoms with Gasteiger partial charge in [0.05, 0.1) is 6.10 Å². The molecule has 3 unspecified atom stereocenters. The predicted octanol–water partition coefficient (Wildman–Crippen LogP) is 3.28. The van der Waals surface area contributed by atoms with Gasteiger partial charge in [0.25, 0.3) is 0 Å². The fraction of sp³-hybridized carbons (Fsp3) is 0.381. The van der Waals surface area contributed by atoms with E-state index in [-0.39, 0.29) is 17.9 Å². The topological polar surface area (TPSA) is 64.3 Å². The molecule has 1 saturated heterocycles. The molecule has 3 N–H and O–H groups in total. The highest BCUT2D eigenvalue weighted by Crippen LogP contribution is 2.33. The standard InChI is InChI=1S/C21H26N2O2/c1-15-9-11-17(12-10-15)20-18(8-5-13-25-20)14-23-21(24)19(22)16-6-3-2-4-7-16/h2-4,6-7,9-12,18-20H,5,8,13-14,22H2,1H3,(H,23,24). The van der Waals surface area contributed by atoms with Gasteiger partial charge in [-0.15, -0.1) is 0 Å². The fourth-order valence-corrected chi connectivity index (χ4v) is 3.33. The summed E-state index contributed by atoms with van der Waals surface area (Å²) in [5.74, 6) is 0.128. The van der Waals surface area contributed by atoms with E-state index in [4.69, 9.17) is 10.5 Å². The van der Waals surface area contributed by atoms with Gasteiger partial charge >= 0.3 is 0 Å². The lowest BCUT2D eigenvalue weighted by molar-refractivity contribution is -0.123. The van der Waals surface area contributed by atoms with Crippen molar-refractivity contribution in [1.29, 1.82) is 0 Å². The molecule has 25 heavy (non-hydrogen) atoms. The maximum absolute atomic E-state index is 12.4. The van der Waals surface area contributed by atoms with Crippen molar-refractivity contribution < 1.29 is 9.53 Å². The van der Waals surface area contributed by atoms with Crippen LogP contribution in [-0.4, -0.2) is 19.1 Å². The number of nitrogens with one attached hydrogen (secondary N) is 1. The Kier molecular flexibility index (Phi) is 5.84. The van der Waals surface area contributed by atoms with Crippen molar-refractivity contribution in [3.63, 3.8) is 0 Å². The van der Waals surface area contributed by atoms with Crippen LogP contribution in [0.2, 0.25) is 0 Å². The first-order chi connectivity index (χ1) is 12.1. The smallest absolute Gasteiger partial charge is 0.241 e. The molecule has 1 fully saturated rings. The third kappa shape index (κ3) is 4.47. The van der Waals surface area contributed by atoms with E-state index in [1.54, 1.807) is 0 Å². The molecule has 0 bridgehead atoms. The van der Waals surface area contributed by atoms with Crippen molar-refractivity contribution in [3.05, 3.63) is 71.3 Å². The third-order valence-corrected chi connectivity index (χ3v) is 4.83. The number of carbonyl (C=O) groups is 1. The second-order valence-electron chi connectivity index (χ2n) is 6.74. The van der Waals surface area contributed by atoms with Gasteiger partial charge in [-0.3, -0.25) is 4.79 Å². The van der Waals surface area contributed by atoms with Crippen molar-refractivity contribution in [2.45, 2.75) is 31.9 Å². The first kappa shape index (κ1) is 17.6. The molecule has 3 atom stereocenters. The van der Waals surface area contributed by atoms with Gasteiger partial charge in [0.15, 0.2) is 0 Å². The van der Waals surface area contributed by atoms with Crippen LogP contribution in [0, 0.1) is 12.8 Å². The first-order valence-electron chi connectivity index (χ1n) is 8.91. The van der Waals surface area contributed by atoms with Crippen molar-refractivity contribution in [1.82, 2.24) is 5.32 Å².